The maximum Gasteiger partial charge on any atom is 0.252 e. The third kappa shape index (κ3) is 3.42. The van der Waals surface area contributed by atoms with Gasteiger partial charge in [-0.25, -0.2) is 0 Å². The Kier molecular flexibility index (Phi) is 4.95. The molecule has 0 saturated heterocycles. The van der Waals surface area contributed by atoms with Gasteiger partial charge >= 0.3 is 0 Å². The molecule has 1 N–H and O–H groups in total. The van der Waals surface area contributed by atoms with Crippen LogP contribution in [0.15, 0.2) is 29.2 Å². The molecule has 1 fully saturated rings. The van der Waals surface area contributed by atoms with Crippen LogP contribution >= 0.6 is 23.4 Å². The molecule has 98 valence electrons. The van der Waals surface area contributed by atoms with Crippen LogP contribution in [0.25, 0.3) is 0 Å². The molecule has 0 bridgehead atoms. The van der Waals surface area contributed by atoms with Gasteiger partial charge in [0.15, 0.2) is 0 Å². The Hall–Kier alpha value is -0.670. The van der Waals surface area contributed by atoms with Crippen molar-refractivity contribution in [2.24, 2.45) is 5.92 Å². The van der Waals surface area contributed by atoms with E-state index in [2.05, 4.69) is 5.32 Å². The fourth-order valence-corrected chi connectivity index (χ4v) is 3.34. The average Bonchev–Trinajstić information content (AvgIpc) is 2.81. The number of rotatable bonds is 4. The molecule has 2 rings (SSSR count). The first-order valence-corrected chi connectivity index (χ1v) is 7.92. The number of alkyl halides is 1. The van der Waals surface area contributed by atoms with Gasteiger partial charge in [0.2, 0.25) is 0 Å². The van der Waals surface area contributed by atoms with Gasteiger partial charge in [-0.1, -0.05) is 12.1 Å². The summed E-state index contributed by atoms with van der Waals surface area (Å²) in [7, 11) is 0. The van der Waals surface area contributed by atoms with Crippen LogP contribution in [0.2, 0.25) is 0 Å². The molecule has 0 aliphatic heterocycles. The van der Waals surface area contributed by atoms with Crippen molar-refractivity contribution in [2.45, 2.75) is 29.5 Å². The van der Waals surface area contributed by atoms with E-state index >= 15 is 0 Å². The molecule has 0 spiro atoms. The van der Waals surface area contributed by atoms with Crippen LogP contribution in [0.3, 0.4) is 0 Å². The monoisotopic (exact) mass is 283 g/mol. The fraction of sp³-hybridized carbons (Fsp3) is 0.500. The van der Waals surface area contributed by atoms with Gasteiger partial charge in [-0.3, -0.25) is 4.79 Å². The van der Waals surface area contributed by atoms with E-state index in [4.69, 9.17) is 11.6 Å². The van der Waals surface area contributed by atoms with Gasteiger partial charge in [0.25, 0.3) is 5.91 Å². The maximum absolute atomic E-state index is 12.1. The molecule has 2 unspecified atom stereocenters. The molecule has 1 amide bonds. The minimum absolute atomic E-state index is 0.0259. The van der Waals surface area contributed by atoms with Crippen molar-refractivity contribution in [3.8, 4) is 0 Å². The van der Waals surface area contributed by atoms with Crippen LogP contribution < -0.4 is 5.32 Å². The van der Waals surface area contributed by atoms with Crippen molar-refractivity contribution in [1.29, 1.82) is 0 Å². The number of halogens is 1. The van der Waals surface area contributed by atoms with E-state index in [-0.39, 0.29) is 5.91 Å². The van der Waals surface area contributed by atoms with Gasteiger partial charge in [0.1, 0.15) is 0 Å². The second kappa shape index (κ2) is 6.48. The minimum atomic E-state index is 0.0259. The summed E-state index contributed by atoms with van der Waals surface area (Å²) >= 11 is 7.67. The summed E-state index contributed by atoms with van der Waals surface area (Å²) < 4.78 is 0. The zero-order valence-corrected chi connectivity index (χ0v) is 12.1. The lowest BCUT2D eigenvalue weighted by atomic mass is 10.1. The summed E-state index contributed by atoms with van der Waals surface area (Å²) in [6, 6.07) is 7.71. The molecule has 2 nitrogen and oxygen atoms in total. The largest absolute Gasteiger partial charge is 0.352 e. The first-order chi connectivity index (χ1) is 8.70. The van der Waals surface area contributed by atoms with Gasteiger partial charge in [0, 0.05) is 16.8 Å². The van der Waals surface area contributed by atoms with Crippen molar-refractivity contribution < 1.29 is 4.79 Å². The maximum atomic E-state index is 12.1. The number of hydrogen-bond acceptors (Lipinski definition) is 2. The van der Waals surface area contributed by atoms with Crippen LogP contribution in [-0.2, 0) is 0 Å². The van der Waals surface area contributed by atoms with Crippen LogP contribution in [-0.4, -0.2) is 24.1 Å². The molecule has 4 heteroatoms. The number of carbonyl (C=O) groups is 1. The van der Waals surface area contributed by atoms with Crippen LogP contribution in [0, 0.1) is 5.92 Å². The summed E-state index contributed by atoms with van der Waals surface area (Å²) in [5.74, 6) is 0.566. The van der Waals surface area contributed by atoms with E-state index < -0.39 is 0 Å². The Morgan fingerprint density at radius 3 is 2.89 bits per heavy atom. The lowest BCUT2D eigenvalue weighted by Crippen LogP contribution is -2.28. The molecular formula is C14H18ClNOS. The summed E-state index contributed by atoms with van der Waals surface area (Å²) in [5, 5.41) is 3.32. The predicted octanol–water partition coefficient (Wildman–Crippen LogP) is 3.55. The summed E-state index contributed by atoms with van der Waals surface area (Å²) in [6.45, 7) is 0.741. The minimum Gasteiger partial charge on any atom is -0.352 e. The summed E-state index contributed by atoms with van der Waals surface area (Å²) in [5.41, 5.74) is 0.769. The van der Waals surface area contributed by atoms with Crippen molar-refractivity contribution in [3.05, 3.63) is 29.8 Å². The molecule has 1 aromatic rings. The number of nitrogens with one attached hydrogen (secondary N) is 1. The fourth-order valence-electron chi connectivity index (χ4n) is 2.36. The first-order valence-electron chi connectivity index (χ1n) is 6.26. The van der Waals surface area contributed by atoms with Gasteiger partial charge < -0.3 is 5.32 Å². The number of carbonyl (C=O) groups excluding carboxylic acids is 1. The number of amides is 1. The van der Waals surface area contributed by atoms with Crippen LogP contribution in [0.5, 0.6) is 0 Å². The molecule has 0 aromatic heterocycles. The summed E-state index contributed by atoms with van der Waals surface area (Å²) in [4.78, 5) is 13.1. The van der Waals surface area contributed by atoms with Crippen molar-refractivity contribution in [2.75, 3.05) is 12.8 Å². The average molecular weight is 284 g/mol. The van der Waals surface area contributed by atoms with E-state index in [1.54, 1.807) is 11.8 Å². The SMILES string of the molecule is CSc1ccccc1C(=O)NCC1CCC(Cl)C1. The topological polar surface area (TPSA) is 29.1 Å². The van der Waals surface area contributed by atoms with Crippen molar-refractivity contribution in [1.82, 2.24) is 5.32 Å². The quantitative estimate of drug-likeness (QED) is 0.676. The molecule has 0 heterocycles. The van der Waals surface area contributed by atoms with E-state index in [0.717, 1.165) is 36.3 Å². The molecular weight excluding hydrogens is 266 g/mol. The Morgan fingerprint density at radius 2 is 2.22 bits per heavy atom. The van der Waals surface area contributed by atoms with Crippen molar-refractivity contribution in [3.63, 3.8) is 0 Å². The molecule has 2 atom stereocenters. The third-order valence-electron chi connectivity index (χ3n) is 3.38. The second-order valence-corrected chi connectivity index (χ2v) is 6.15. The zero-order chi connectivity index (χ0) is 13.0. The van der Waals surface area contributed by atoms with Gasteiger partial charge in [0.05, 0.1) is 5.56 Å². The Bertz CT molecular complexity index is 424. The van der Waals surface area contributed by atoms with E-state index in [0.29, 0.717) is 11.3 Å². The van der Waals surface area contributed by atoms with Crippen LogP contribution in [0.1, 0.15) is 29.6 Å². The molecule has 1 aliphatic rings. The first kappa shape index (κ1) is 13.8. The highest BCUT2D eigenvalue weighted by Gasteiger charge is 2.23. The normalized spacial score (nSPS) is 23.0. The second-order valence-electron chi connectivity index (χ2n) is 4.69. The zero-order valence-electron chi connectivity index (χ0n) is 10.5. The highest BCUT2D eigenvalue weighted by atomic mass is 35.5. The molecule has 18 heavy (non-hydrogen) atoms. The predicted molar refractivity (Wildman–Crippen MR) is 77.5 cm³/mol. The number of hydrogen-bond donors (Lipinski definition) is 1. The number of benzene rings is 1. The third-order valence-corrected chi connectivity index (χ3v) is 4.57. The number of thioether (sulfide) groups is 1. The highest BCUT2D eigenvalue weighted by molar-refractivity contribution is 7.98. The van der Waals surface area contributed by atoms with E-state index in [1.807, 2.05) is 30.5 Å². The molecule has 0 radical (unpaired) electrons. The van der Waals surface area contributed by atoms with Crippen molar-refractivity contribution >= 4 is 29.3 Å². The highest BCUT2D eigenvalue weighted by Crippen LogP contribution is 2.29. The Morgan fingerprint density at radius 1 is 1.44 bits per heavy atom. The van der Waals surface area contributed by atoms with Gasteiger partial charge in [-0.05, 0) is 43.6 Å². The van der Waals surface area contributed by atoms with E-state index in [9.17, 15) is 4.79 Å². The van der Waals surface area contributed by atoms with Gasteiger partial charge in [-0.15, -0.1) is 23.4 Å². The molecule has 1 aromatic carbocycles. The molecule has 1 saturated carbocycles. The lowest BCUT2D eigenvalue weighted by molar-refractivity contribution is 0.0944. The molecule has 1 aliphatic carbocycles. The Labute approximate surface area is 117 Å². The van der Waals surface area contributed by atoms with Gasteiger partial charge in [-0.2, -0.15) is 0 Å². The lowest BCUT2D eigenvalue weighted by Gasteiger charge is -2.12. The van der Waals surface area contributed by atoms with E-state index in [1.165, 1.54) is 0 Å². The standard InChI is InChI=1S/C14H18ClNOS/c1-18-13-5-3-2-4-12(13)14(17)16-9-10-6-7-11(15)8-10/h2-5,10-11H,6-9H2,1H3,(H,16,17). The summed E-state index contributed by atoms with van der Waals surface area (Å²) in [6.07, 6.45) is 5.20. The van der Waals surface area contributed by atoms with Crippen LogP contribution in [0.4, 0.5) is 0 Å². The smallest absolute Gasteiger partial charge is 0.252 e. The Balaban J connectivity index is 1.91.